The molecule has 18 heteroatoms. The van der Waals surface area contributed by atoms with Crippen molar-refractivity contribution in [2.75, 3.05) is 39.6 Å². The van der Waals surface area contributed by atoms with Gasteiger partial charge in [-0.15, -0.1) is 0 Å². The Kier molecular flexibility index (Phi) is 82.8. The number of aliphatic hydroxyl groups is 2. The van der Waals surface area contributed by atoms with E-state index in [1.165, 1.54) is 135 Å². The summed E-state index contributed by atoms with van der Waals surface area (Å²) in [5.41, 5.74) is 0. The fourth-order valence-electron chi connectivity index (χ4n) is 12.0. The zero-order valence-corrected chi connectivity index (χ0v) is 73.0. The highest BCUT2D eigenvalue weighted by Gasteiger charge is 2.29. The standard InChI is InChI=1S/C95H162O16P2/c1-4-7-10-13-16-19-22-25-28-30-32-34-36-38-40-42-43-44-45-47-49-50-52-54-56-58-61-63-66-69-72-75-78-81-93(98)105-84-90(96)85-107-112(101,102)108-86-91(97)87-109-113(103,104)110-89-92(111-95(100)83-80-77-74-71-68-65-60-27-24-21-18-15-12-9-6-3)88-106-94(99)82-79-76-73-70-67-64-62-59-57-55-53-51-48-46-41-39-37-35-33-31-29-26-23-20-17-14-11-8-5-2/h7-8,10-11,16-17,19-20,25-29,32-35,38-41,43-44,48,51,60,90-92,96-97H,4-6,9,12-15,18,21-24,30-31,36-37,42,45-47,49-50,52-59,61-89H2,1-3H3,(H,101,102)(H,103,104)/b10-7-,11-8-,19-16-,20-17-,28-25-,29-26-,34-32-,35-33-,40-38-,41-39-,44-43-,51-48-,60-27-. The lowest BCUT2D eigenvalue weighted by Gasteiger charge is -2.21. The van der Waals surface area contributed by atoms with Crippen LogP contribution >= 0.6 is 15.6 Å². The maximum absolute atomic E-state index is 13.0. The molecule has 648 valence electrons. The Morgan fingerprint density at radius 2 is 0.469 bits per heavy atom. The molecule has 0 aromatic rings. The molecule has 5 unspecified atom stereocenters. The van der Waals surface area contributed by atoms with E-state index in [4.69, 9.17) is 32.3 Å². The normalized spacial score (nSPS) is 14.6. The van der Waals surface area contributed by atoms with Crippen LogP contribution in [0.2, 0.25) is 0 Å². The SMILES string of the molecule is CC/C=C\C/C=C\C/C=C\C/C=C\C/C=C\C/C=C\CCCCCCCCCCCCCCCCC(=O)OCC(O)COP(=O)(O)OCC(O)COP(=O)(O)OCC(COC(=O)CCCCCCCCCCCC/C=C\C/C=C\C/C=C\C/C=C\C/C=C\C/C=C\CC)OC(=O)CCCCCCC/C=C\CCCCCCCC. The number of hydrogen-bond donors (Lipinski definition) is 4. The summed E-state index contributed by atoms with van der Waals surface area (Å²) in [6.07, 6.45) is 110. The van der Waals surface area contributed by atoms with Crippen molar-refractivity contribution in [2.24, 2.45) is 0 Å². The Labute approximate surface area is 689 Å². The van der Waals surface area contributed by atoms with Crippen molar-refractivity contribution >= 4 is 33.6 Å². The maximum atomic E-state index is 13.0. The first kappa shape index (κ1) is 108. The summed E-state index contributed by atoms with van der Waals surface area (Å²) < 4.78 is 61.4. The lowest BCUT2D eigenvalue weighted by molar-refractivity contribution is -0.161. The molecule has 0 bridgehead atoms. The van der Waals surface area contributed by atoms with Crippen molar-refractivity contribution in [2.45, 2.75) is 386 Å². The number of carbonyl (C=O) groups is 3. The fourth-order valence-corrected chi connectivity index (χ4v) is 13.6. The van der Waals surface area contributed by atoms with E-state index in [0.717, 1.165) is 173 Å². The predicted molar refractivity (Wildman–Crippen MR) is 472 cm³/mol. The van der Waals surface area contributed by atoms with Crippen LogP contribution in [0.5, 0.6) is 0 Å². The first-order valence-electron chi connectivity index (χ1n) is 44.8. The third kappa shape index (κ3) is 87.8. The molecule has 0 fully saturated rings. The molecule has 0 aromatic heterocycles. The van der Waals surface area contributed by atoms with Gasteiger partial charge in [0.05, 0.1) is 26.4 Å². The monoisotopic (exact) mass is 1620 g/mol. The minimum Gasteiger partial charge on any atom is -0.463 e. The van der Waals surface area contributed by atoms with Gasteiger partial charge >= 0.3 is 33.6 Å². The number of esters is 3. The molecular formula is C95H162O16P2. The topological polar surface area (TPSA) is 231 Å². The van der Waals surface area contributed by atoms with Gasteiger partial charge in [0.2, 0.25) is 0 Å². The molecule has 0 aliphatic rings. The smallest absolute Gasteiger partial charge is 0.463 e. The Hall–Kier alpha value is -4.83. The number of ether oxygens (including phenoxy) is 3. The Bertz CT molecular complexity index is 2680. The average Bonchev–Trinajstić information content (AvgIpc) is 0.903. The lowest BCUT2D eigenvalue weighted by atomic mass is 10.0. The van der Waals surface area contributed by atoms with Crippen molar-refractivity contribution in [3.8, 4) is 0 Å². The molecule has 0 aliphatic heterocycles. The van der Waals surface area contributed by atoms with Gasteiger partial charge in [-0.1, -0.05) is 359 Å². The van der Waals surface area contributed by atoms with E-state index in [9.17, 15) is 43.5 Å². The molecule has 5 atom stereocenters. The van der Waals surface area contributed by atoms with Crippen LogP contribution < -0.4 is 0 Å². The Morgan fingerprint density at radius 3 is 0.752 bits per heavy atom. The van der Waals surface area contributed by atoms with E-state index in [2.05, 4.69) is 179 Å². The number of allylic oxidation sites excluding steroid dienone is 26. The van der Waals surface area contributed by atoms with Gasteiger partial charge in [-0.3, -0.25) is 32.5 Å². The minimum absolute atomic E-state index is 0.0918. The van der Waals surface area contributed by atoms with Gasteiger partial charge in [0, 0.05) is 19.3 Å². The van der Waals surface area contributed by atoms with E-state index < -0.39 is 91.5 Å². The number of unbranched alkanes of at least 4 members (excludes halogenated alkanes) is 35. The highest BCUT2D eigenvalue weighted by molar-refractivity contribution is 7.47. The van der Waals surface area contributed by atoms with E-state index >= 15 is 0 Å². The van der Waals surface area contributed by atoms with Crippen LogP contribution in [0.15, 0.2) is 158 Å². The average molecular weight is 1620 g/mol. The summed E-state index contributed by atoms with van der Waals surface area (Å²) in [5, 5.41) is 20.7. The fraction of sp³-hybridized carbons (Fsp3) is 0.695. The van der Waals surface area contributed by atoms with E-state index in [1.807, 2.05) is 0 Å². The molecule has 0 rings (SSSR count). The van der Waals surface area contributed by atoms with Crippen molar-refractivity contribution in [1.29, 1.82) is 0 Å². The molecular weight excluding hydrogens is 1460 g/mol. The molecule has 0 saturated heterocycles. The lowest BCUT2D eigenvalue weighted by Crippen LogP contribution is -2.30. The Morgan fingerprint density at radius 1 is 0.257 bits per heavy atom. The van der Waals surface area contributed by atoms with Gasteiger partial charge in [-0.25, -0.2) is 9.13 Å². The molecule has 0 aromatic carbocycles. The van der Waals surface area contributed by atoms with Gasteiger partial charge in [0.1, 0.15) is 25.4 Å². The summed E-state index contributed by atoms with van der Waals surface area (Å²) in [5.74, 6) is -1.58. The second-order valence-corrected chi connectivity index (χ2v) is 32.5. The third-order valence-corrected chi connectivity index (χ3v) is 20.6. The molecule has 0 spiro atoms. The highest BCUT2D eigenvalue weighted by atomic mass is 31.2. The van der Waals surface area contributed by atoms with Crippen LogP contribution in [0.4, 0.5) is 0 Å². The number of carbonyl (C=O) groups excluding carboxylic acids is 3. The van der Waals surface area contributed by atoms with Crippen molar-refractivity contribution in [1.82, 2.24) is 0 Å². The summed E-state index contributed by atoms with van der Waals surface area (Å²) in [6, 6.07) is 0. The van der Waals surface area contributed by atoms with Gasteiger partial charge in [-0.2, -0.15) is 0 Å². The van der Waals surface area contributed by atoms with Crippen molar-refractivity contribution < 1.29 is 75.8 Å². The van der Waals surface area contributed by atoms with Crippen LogP contribution in [0, 0.1) is 0 Å². The zero-order valence-electron chi connectivity index (χ0n) is 71.3. The molecule has 0 aliphatic carbocycles. The Balaban J connectivity index is 4.49. The quantitative estimate of drug-likeness (QED) is 0.0146. The van der Waals surface area contributed by atoms with Crippen LogP contribution in [0.3, 0.4) is 0 Å². The van der Waals surface area contributed by atoms with Gasteiger partial charge in [0.15, 0.2) is 6.10 Å². The maximum Gasteiger partial charge on any atom is 0.472 e. The summed E-state index contributed by atoms with van der Waals surface area (Å²) in [6.45, 7) is 2.47. The first-order chi connectivity index (χ1) is 55.2. The van der Waals surface area contributed by atoms with E-state index in [0.29, 0.717) is 19.3 Å². The minimum atomic E-state index is -4.94. The largest absolute Gasteiger partial charge is 0.472 e. The predicted octanol–water partition coefficient (Wildman–Crippen LogP) is 27.3. The molecule has 4 N–H and O–H groups in total. The summed E-state index contributed by atoms with van der Waals surface area (Å²) in [7, 11) is -9.80. The van der Waals surface area contributed by atoms with Gasteiger partial charge < -0.3 is 34.2 Å². The number of hydrogen-bond acceptors (Lipinski definition) is 14. The molecule has 0 saturated carbocycles. The van der Waals surface area contributed by atoms with Crippen LogP contribution in [-0.4, -0.2) is 95.9 Å². The van der Waals surface area contributed by atoms with E-state index in [-0.39, 0.29) is 19.3 Å². The van der Waals surface area contributed by atoms with Gasteiger partial charge in [-0.05, 0) is 148 Å². The highest BCUT2D eigenvalue weighted by Crippen LogP contribution is 2.45. The second kappa shape index (κ2) is 86.5. The second-order valence-electron chi connectivity index (χ2n) is 29.6. The first-order valence-corrected chi connectivity index (χ1v) is 47.8. The molecule has 16 nitrogen and oxygen atoms in total. The van der Waals surface area contributed by atoms with Crippen molar-refractivity contribution in [3.05, 3.63) is 158 Å². The van der Waals surface area contributed by atoms with Crippen LogP contribution in [0.1, 0.15) is 367 Å². The number of phosphoric ester groups is 2. The van der Waals surface area contributed by atoms with Crippen LogP contribution in [0.25, 0.3) is 0 Å². The zero-order chi connectivity index (χ0) is 82.2. The molecule has 113 heavy (non-hydrogen) atoms. The van der Waals surface area contributed by atoms with Gasteiger partial charge in [0.25, 0.3) is 0 Å². The number of phosphoric acid groups is 2. The third-order valence-electron chi connectivity index (χ3n) is 18.7. The summed E-state index contributed by atoms with van der Waals surface area (Å²) >= 11 is 0. The van der Waals surface area contributed by atoms with Crippen LogP contribution in [-0.2, 0) is 55.8 Å². The van der Waals surface area contributed by atoms with E-state index in [1.54, 1.807) is 0 Å². The number of aliphatic hydroxyl groups excluding tert-OH is 2. The number of rotatable bonds is 84. The summed E-state index contributed by atoms with van der Waals surface area (Å²) in [4.78, 5) is 58.9. The molecule has 0 amide bonds. The molecule has 0 heterocycles. The molecule has 0 radical (unpaired) electrons. The van der Waals surface area contributed by atoms with Crippen molar-refractivity contribution in [3.63, 3.8) is 0 Å².